The number of benzene rings is 2. The highest BCUT2D eigenvalue weighted by atomic mass is 16.5. The molecule has 0 saturated carbocycles. The highest BCUT2D eigenvalue weighted by Gasteiger charge is 2.08. The van der Waals surface area contributed by atoms with Crippen molar-refractivity contribution in [2.45, 2.75) is 20.1 Å². The van der Waals surface area contributed by atoms with E-state index in [-0.39, 0.29) is 6.61 Å². The third kappa shape index (κ3) is 2.53. The molecule has 102 valence electrons. The van der Waals surface area contributed by atoms with Gasteiger partial charge in [-0.2, -0.15) is 0 Å². The second-order valence-electron chi connectivity index (χ2n) is 4.95. The summed E-state index contributed by atoms with van der Waals surface area (Å²) in [6.07, 6.45) is 0. The van der Waals surface area contributed by atoms with E-state index in [2.05, 4.69) is 11.1 Å². The Bertz CT molecular complexity index is 716. The molecule has 0 bridgehead atoms. The molecule has 0 amide bonds. The van der Waals surface area contributed by atoms with Crippen molar-refractivity contribution in [2.75, 3.05) is 0 Å². The molecule has 0 aliphatic heterocycles. The fraction of sp³-hybridized carbons (Fsp3) is 0.176. The molecule has 0 unspecified atom stereocenters. The quantitative estimate of drug-likeness (QED) is 0.759. The number of fused-ring (bicyclic) bond motifs is 1. The zero-order chi connectivity index (χ0) is 13.9. The number of aromatic amines is 1. The first kappa shape index (κ1) is 12.8. The van der Waals surface area contributed by atoms with Crippen LogP contribution >= 0.6 is 0 Å². The number of H-pyrrole nitrogens is 1. The van der Waals surface area contributed by atoms with Gasteiger partial charge in [0, 0.05) is 16.6 Å². The van der Waals surface area contributed by atoms with Crippen molar-refractivity contribution >= 4 is 10.9 Å². The number of aryl methyl sites for hydroxylation is 1. The lowest BCUT2D eigenvalue weighted by Crippen LogP contribution is -1.95. The molecule has 0 radical (unpaired) electrons. The summed E-state index contributed by atoms with van der Waals surface area (Å²) in [6.45, 7) is 2.58. The summed E-state index contributed by atoms with van der Waals surface area (Å²) in [5.41, 5.74) is 4.07. The minimum Gasteiger partial charge on any atom is -0.488 e. The molecule has 20 heavy (non-hydrogen) atoms. The average molecular weight is 267 g/mol. The van der Waals surface area contributed by atoms with E-state index in [0.717, 1.165) is 33.5 Å². The van der Waals surface area contributed by atoms with Gasteiger partial charge in [-0.1, -0.05) is 30.3 Å². The van der Waals surface area contributed by atoms with Crippen LogP contribution < -0.4 is 4.74 Å². The van der Waals surface area contributed by atoms with Crippen LogP contribution in [-0.4, -0.2) is 10.1 Å². The predicted molar refractivity (Wildman–Crippen MR) is 79.7 cm³/mol. The number of hydrogen-bond donors (Lipinski definition) is 2. The van der Waals surface area contributed by atoms with Crippen LogP contribution in [0.25, 0.3) is 10.9 Å². The Morgan fingerprint density at radius 3 is 2.65 bits per heavy atom. The molecule has 3 aromatic rings. The van der Waals surface area contributed by atoms with Gasteiger partial charge >= 0.3 is 0 Å². The summed E-state index contributed by atoms with van der Waals surface area (Å²) in [7, 11) is 0. The molecule has 0 atom stereocenters. The predicted octanol–water partition coefficient (Wildman–Crippen LogP) is 3.55. The Morgan fingerprint density at radius 1 is 1.10 bits per heavy atom. The van der Waals surface area contributed by atoms with Crippen molar-refractivity contribution < 1.29 is 9.84 Å². The van der Waals surface area contributed by atoms with Gasteiger partial charge in [0.2, 0.25) is 0 Å². The van der Waals surface area contributed by atoms with Crippen molar-refractivity contribution in [1.82, 2.24) is 4.98 Å². The molecule has 2 N–H and O–H groups in total. The van der Waals surface area contributed by atoms with Crippen LogP contribution in [0, 0.1) is 6.92 Å². The SMILES string of the molecule is Cc1cc(OCc2ccccc2)c2cc(CO)[nH]c2c1. The van der Waals surface area contributed by atoms with E-state index in [4.69, 9.17) is 4.74 Å². The van der Waals surface area contributed by atoms with Gasteiger partial charge in [-0.05, 0) is 36.2 Å². The average Bonchev–Trinajstić information content (AvgIpc) is 2.88. The van der Waals surface area contributed by atoms with Crippen LogP contribution in [-0.2, 0) is 13.2 Å². The topological polar surface area (TPSA) is 45.2 Å². The number of hydrogen-bond acceptors (Lipinski definition) is 2. The Hall–Kier alpha value is -2.26. The van der Waals surface area contributed by atoms with Gasteiger partial charge in [0.15, 0.2) is 0 Å². The first-order valence-electron chi connectivity index (χ1n) is 6.66. The highest BCUT2D eigenvalue weighted by Crippen LogP contribution is 2.29. The summed E-state index contributed by atoms with van der Waals surface area (Å²) in [5, 5.41) is 10.2. The molecule has 0 aliphatic carbocycles. The zero-order valence-corrected chi connectivity index (χ0v) is 11.4. The molecule has 2 aromatic carbocycles. The number of ether oxygens (including phenoxy) is 1. The summed E-state index contributed by atoms with van der Waals surface area (Å²) < 4.78 is 5.94. The second kappa shape index (κ2) is 5.39. The third-order valence-corrected chi connectivity index (χ3v) is 3.31. The normalized spacial score (nSPS) is 10.9. The van der Waals surface area contributed by atoms with Crippen molar-refractivity contribution in [3.8, 4) is 5.75 Å². The maximum atomic E-state index is 9.23. The zero-order valence-electron chi connectivity index (χ0n) is 11.4. The molecule has 3 nitrogen and oxygen atoms in total. The maximum Gasteiger partial charge on any atom is 0.129 e. The van der Waals surface area contributed by atoms with Crippen LogP contribution in [0.5, 0.6) is 5.75 Å². The lowest BCUT2D eigenvalue weighted by atomic mass is 10.1. The summed E-state index contributed by atoms with van der Waals surface area (Å²) in [5.74, 6) is 0.847. The van der Waals surface area contributed by atoms with Gasteiger partial charge in [0.25, 0.3) is 0 Å². The molecular formula is C17H17NO2. The first-order valence-corrected chi connectivity index (χ1v) is 6.66. The van der Waals surface area contributed by atoms with E-state index in [1.54, 1.807) is 0 Å². The van der Waals surface area contributed by atoms with Crippen molar-refractivity contribution in [2.24, 2.45) is 0 Å². The van der Waals surface area contributed by atoms with E-state index in [1.165, 1.54) is 0 Å². The Morgan fingerprint density at radius 2 is 1.90 bits per heavy atom. The van der Waals surface area contributed by atoms with Crippen LogP contribution in [0.15, 0.2) is 48.5 Å². The number of rotatable bonds is 4. The summed E-state index contributed by atoms with van der Waals surface area (Å²) in [6, 6.07) is 16.1. The summed E-state index contributed by atoms with van der Waals surface area (Å²) >= 11 is 0. The molecule has 0 saturated heterocycles. The van der Waals surface area contributed by atoms with Gasteiger partial charge in [0.1, 0.15) is 12.4 Å². The number of nitrogens with one attached hydrogen (secondary N) is 1. The third-order valence-electron chi connectivity index (χ3n) is 3.31. The van der Waals surface area contributed by atoms with E-state index in [9.17, 15) is 5.11 Å². The van der Waals surface area contributed by atoms with E-state index < -0.39 is 0 Å². The second-order valence-corrected chi connectivity index (χ2v) is 4.95. The standard InChI is InChI=1S/C17H17NO2/c1-12-7-16-15(9-14(10-19)18-16)17(8-12)20-11-13-5-3-2-4-6-13/h2-9,18-19H,10-11H2,1H3. The lowest BCUT2D eigenvalue weighted by molar-refractivity contribution is 0.278. The molecule has 3 rings (SSSR count). The van der Waals surface area contributed by atoms with Crippen molar-refractivity contribution in [3.63, 3.8) is 0 Å². The van der Waals surface area contributed by atoms with Gasteiger partial charge in [-0.15, -0.1) is 0 Å². The number of aliphatic hydroxyl groups excluding tert-OH is 1. The number of aliphatic hydroxyl groups is 1. The lowest BCUT2D eigenvalue weighted by Gasteiger charge is -2.08. The Balaban J connectivity index is 1.92. The molecular weight excluding hydrogens is 250 g/mol. The van der Waals surface area contributed by atoms with Crippen molar-refractivity contribution in [3.05, 3.63) is 65.4 Å². The van der Waals surface area contributed by atoms with Crippen LogP contribution in [0.3, 0.4) is 0 Å². The van der Waals surface area contributed by atoms with Crippen molar-refractivity contribution in [1.29, 1.82) is 0 Å². The Kier molecular flexibility index (Phi) is 3.44. The van der Waals surface area contributed by atoms with Crippen LogP contribution in [0.2, 0.25) is 0 Å². The molecule has 3 heteroatoms. The molecule has 0 fully saturated rings. The smallest absolute Gasteiger partial charge is 0.129 e. The fourth-order valence-corrected chi connectivity index (χ4v) is 2.34. The van der Waals surface area contributed by atoms with Gasteiger partial charge < -0.3 is 14.8 Å². The minimum atomic E-state index is 0.00581. The summed E-state index contributed by atoms with van der Waals surface area (Å²) in [4.78, 5) is 3.19. The fourth-order valence-electron chi connectivity index (χ4n) is 2.34. The molecule has 1 aromatic heterocycles. The van der Waals surface area contributed by atoms with Gasteiger partial charge in [-0.25, -0.2) is 0 Å². The maximum absolute atomic E-state index is 9.23. The Labute approximate surface area is 117 Å². The highest BCUT2D eigenvalue weighted by molar-refractivity contribution is 5.87. The van der Waals surface area contributed by atoms with E-state index in [1.807, 2.05) is 49.4 Å². The first-order chi connectivity index (χ1) is 9.76. The van der Waals surface area contributed by atoms with Crippen LogP contribution in [0.1, 0.15) is 16.8 Å². The van der Waals surface area contributed by atoms with E-state index >= 15 is 0 Å². The minimum absolute atomic E-state index is 0.00581. The van der Waals surface area contributed by atoms with Crippen LogP contribution in [0.4, 0.5) is 0 Å². The molecule has 0 spiro atoms. The van der Waals surface area contributed by atoms with Gasteiger partial charge in [0.05, 0.1) is 6.61 Å². The molecule has 1 heterocycles. The van der Waals surface area contributed by atoms with E-state index in [0.29, 0.717) is 6.61 Å². The monoisotopic (exact) mass is 267 g/mol. The largest absolute Gasteiger partial charge is 0.488 e. The molecule has 0 aliphatic rings. The van der Waals surface area contributed by atoms with Gasteiger partial charge in [-0.3, -0.25) is 0 Å². The number of aromatic nitrogens is 1.